The van der Waals surface area contributed by atoms with E-state index in [4.69, 9.17) is 33.3 Å². The van der Waals surface area contributed by atoms with E-state index in [0.29, 0.717) is 33.5 Å². The number of nitrogens with one attached hydrogen (secondary N) is 2. The molecule has 2 aromatic carbocycles. The van der Waals surface area contributed by atoms with Gasteiger partial charge in [0, 0.05) is 53.6 Å². The van der Waals surface area contributed by atoms with Crippen LogP contribution in [0.15, 0.2) is 54.7 Å². The molecule has 2 aromatic heterocycles. The quantitative estimate of drug-likeness (QED) is 0.277. The Morgan fingerprint density at radius 1 is 1.00 bits per heavy atom. The number of hydrogen-bond acceptors (Lipinski definition) is 4. The van der Waals surface area contributed by atoms with Gasteiger partial charge in [0.2, 0.25) is 0 Å². The summed E-state index contributed by atoms with van der Waals surface area (Å²) in [5.41, 5.74) is 4.06. The van der Waals surface area contributed by atoms with Gasteiger partial charge in [-0.05, 0) is 38.0 Å². The highest BCUT2D eigenvalue weighted by atomic mass is 35.5. The van der Waals surface area contributed by atoms with Crippen LogP contribution in [0, 0.1) is 6.92 Å². The summed E-state index contributed by atoms with van der Waals surface area (Å²) in [6.45, 7) is 2.17. The summed E-state index contributed by atoms with van der Waals surface area (Å²) in [5, 5.41) is 12.3. The second kappa shape index (κ2) is 11.5. The first-order valence-electron chi connectivity index (χ1n) is 13.4. The number of aryl methyl sites for hydroxylation is 1. The van der Waals surface area contributed by atoms with Gasteiger partial charge >= 0.3 is 6.03 Å². The van der Waals surface area contributed by atoms with E-state index in [1.165, 1.54) is 4.90 Å². The van der Waals surface area contributed by atoms with Gasteiger partial charge in [-0.1, -0.05) is 72.8 Å². The van der Waals surface area contributed by atoms with Gasteiger partial charge in [0.25, 0.3) is 5.91 Å². The summed E-state index contributed by atoms with van der Waals surface area (Å²) in [5.74, 6) is -0.256. The number of amides is 3. The van der Waals surface area contributed by atoms with Crippen LogP contribution in [0.2, 0.25) is 10.0 Å². The number of halogens is 2. The van der Waals surface area contributed by atoms with Crippen molar-refractivity contribution in [3.63, 3.8) is 0 Å². The summed E-state index contributed by atoms with van der Waals surface area (Å²) in [6.07, 6.45) is 6.37. The molecular formula is C30H32Cl2N6O2. The molecule has 208 valence electrons. The van der Waals surface area contributed by atoms with Crippen LogP contribution >= 0.6 is 23.2 Å². The van der Waals surface area contributed by atoms with Crippen LogP contribution < -0.4 is 10.6 Å². The third-order valence-corrected chi connectivity index (χ3v) is 8.08. The number of carbonyl (C=O) groups excluding carboxylic acids is 2. The van der Waals surface area contributed by atoms with Crippen LogP contribution in [0.1, 0.15) is 48.2 Å². The minimum atomic E-state index is -0.543. The lowest BCUT2D eigenvalue weighted by atomic mass is 9.81. The average molecular weight is 580 g/mol. The van der Waals surface area contributed by atoms with Gasteiger partial charge < -0.3 is 15.5 Å². The van der Waals surface area contributed by atoms with E-state index < -0.39 is 5.54 Å². The molecule has 40 heavy (non-hydrogen) atoms. The molecule has 5 rings (SSSR count). The van der Waals surface area contributed by atoms with Crippen LogP contribution in [-0.4, -0.2) is 57.6 Å². The fraction of sp³-hybridized carbons (Fsp3) is 0.333. The first kappa shape index (κ1) is 27.9. The number of urea groups is 1. The third kappa shape index (κ3) is 5.51. The molecule has 0 aliphatic heterocycles. The molecule has 1 fully saturated rings. The Bertz CT molecular complexity index is 1560. The van der Waals surface area contributed by atoms with E-state index in [-0.39, 0.29) is 11.9 Å². The molecule has 3 amide bonds. The van der Waals surface area contributed by atoms with E-state index in [1.807, 2.05) is 55.5 Å². The second-order valence-corrected chi connectivity index (χ2v) is 11.4. The molecule has 0 spiro atoms. The zero-order valence-corrected chi connectivity index (χ0v) is 24.3. The van der Waals surface area contributed by atoms with Crippen molar-refractivity contribution in [1.82, 2.24) is 30.1 Å². The lowest BCUT2D eigenvalue weighted by Crippen LogP contribution is -2.57. The van der Waals surface area contributed by atoms with Crippen molar-refractivity contribution in [3.8, 4) is 22.4 Å². The predicted molar refractivity (Wildman–Crippen MR) is 159 cm³/mol. The standard InChI is InChI=1S/C30H32Cl2N6O2/c1-19-25(28(39)35-30(15-7-4-8-16-30)18-34-29(40)37(2)3)27-33-17-23(22-9-5-6-10-24(22)32)26(38(27)36-19)20-11-13-21(31)14-12-20/h5-6,9-14,17H,4,7-8,15-16,18H2,1-3H3,(H,34,40)(H,35,39). The molecule has 4 aromatic rings. The summed E-state index contributed by atoms with van der Waals surface area (Å²) >= 11 is 12.8. The first-order chi connectivity index (χ1) is 19.2. The third-order valence-electron chi connectivity index (χ3n) is 7.50. The molecule has 8 nitrogen and oxygen atoms in total. The monoisotopic (exact) mass is 578 g/mol. The fourth-order valence-corrected chi connectivity index (χ4v) is 5.76. The van der Waals surface area contributed by atoms with Crippen LogP contribution in [0.25, 0.3) is 28.0 Å². The Morgan fingerprint density at radius 2 is 1.70 bits per heavy atom. The number of aromatic nitrogens is 3. The Balaban J connectivity index is 1.59. The molecule has 1 aliphatic rings. The topological polar surface area (TPSA) is 91.6 Å². The second-order valence-electron chi connectivity index (χ2n) is 10.6. The van der Waals surface area contributed by atoms with Crippen molar-refractivity contribution < 1.29 is 9.59 Å². The van der Waals surface area contributed by atoms with Crippen molar-refractivity contribution in [2.45, 2.75) is 44.6 Å². The van der Waals surface area contributed by atoms with Crippen LogP contribution in [-0.2, 0) is 0 Å². The Hall–Kier alpha value is -3.62. The zero-order valence-electron chi connectivity index (χ0n) is 22.8. The SMILES string of the molecule is Cc1nn2c(-c3ccc(Cl)cc3)c(-c3ccccc3Cl)cnc2c1C(=O)NC1(CNC(=O)N(C)C)CCCCC1. The van der Waals surface area contributed by atoms with E-state index in [9.17, 15) is 9.59 Å². The van der Waals surface area contributed by atoms with Crippen molar-refractivity contribution >= 4 is 40.8 Å². The normalized spacial score (nSPS) is 14.6. The molecule has 0 unspecified atom stereocenters. The van der Waals surface area contributed by atoms with Crippen LogP contribution in [0.3, 0.4) is 0 Å². The number of benzene rings is 2. The molecule has 1 saturated carbocycles. The van der Waals surface area contributed by atoms with Crippen LogP contribution in [0.5, 0.6) is 0 Å². The van der Waals surface area contributed by atoms with Gasteiger partial charge in [0.1, 0.15) is 5.56 Å². The average Bonchev–Trinajstić information content (AvgIpc) is 3.28. The van der Waals surface area contributed by atoms with Crippen molar-refractivity contribution in [2.75, 3.05) is 20.6 Å². The maximum absolute atomic E-state index is 13.9. The van der Waals surface area contributed by atoms with Crippen molar-refractivity contribution in [3.05, 3.63) is 76.0 Å². The van der Waals surface area contributed by atoms with Crippen LogP contribution in [0.4, 0.5) is 4.79 Å². The summed E-state index contributed by atoms with van der Waals surface area (Å²) in [4.78, 5) is 32.5. The molecule has 1 aliphatic carbocycles. The summed E-state index contributed by atoms with van der Waals surface area (Å²) < 4.78 is 1.72. The number of nitrogens with zero attached hydrogens (tertiary/aromatic N) is 4. The Kier molecular flexibility index (Phi) is 8.01. The minimum absolute atomic E-state index is 0.187. The zero-order chi connectivity index (χ0) is 28.4. The van der Waals surface area contributed by atoms with Gasteiger partial charge in [-0.2, -0.15) is 5.10 Å². The van der Waals surface area contributed by atoms with Gasteiger partial charge in [0.05, 0.1) is 16.9 Å². The molecule has 0 bridgehead atoms. The maximum atomic E-state index is 13.9. The molecule has 0 radical (unpaired) electrons. The summed E-state index contributed by atoms with van der Waals surface area (Å²) in [7, 11) is 3.40. The van der Waals surface area contributed by atoms with E-state index in [2.05, 4.69) is 10.6 Å². The van der Waals surface area contributed by atoms with Crippen molar-refractivity contribution in [1.29, 1.82) is 0 Å². The minimum Gasteiger partial charge on any atom is -0.345 e. The molecule has 10 heteroatoms. The molecular weight excluding hydrogens is 547 g/mol. The number of fused-ring (bicyclic) bond motifs is 1. The van der Waals surface area contributed by atoms with Gasteiger partial charge in [0.15, 0.2) is 5.65 Å². The summed E-state index contributed by atoms with van der Waals surface area (Å²) in [6, 6.07) is 14.8. The predicted octanol–water partition coefficient (Wildman–Crippen LogP) is 6.38. The van der Waals surface area contributed by atoms with Gasteiger partial charge in [-0.3, -0.25) is 4.79 Å². The number of hydrogen-bond donors (Lipinski definition) is 2. The molecule has 0 atom stereocenters. The highest BCUT2D eigenvalue weighted by molar-refractivity contribution is 6.33. The molecule has 2 heterocycles. The lowest BCUT2D eigenvalue weighted by molar-refractivity contribution is 0.0867. The lowest BCUT2D eigenvalue weighted by Gasteiger charge is -2.38. The van der Waals surface area contributed by atoms with E-state index in [1.54, 1.807) is 24.8 Å². The Morgan fingerprint density at radius 3 is 2.38 bits per heavy atom. The molecule has 2 N–H and O–H groups in total. The smallest absolute Gasteiger partial charge is 0.316 e. The molecule has 0 saturated heterocycles. The number of rotatable bonds is 6. The van der Waals surface area contributed by atoms with Gasteiger partial charge in [-0.15, -0.1) is 0 Å². The number of carbonyl (C=O) groups is 2. The fourth-order valence-electron chi connectivity index (χ4n) is 5.40. The maximum Gasteiger partial charge on any atom is 0.316 e. The first-order valence-corrected chi connectivity index (χ1v) is 14.1. The van der Waals surface area contributed by atoms with E-state index in [0.717, 1.165) is 54.5 Å². The highest BCUT2D eigenvalue weighted by Gasteiger charge is 2.36. The van der Waals surface area contributed by atoms with E-state index >= 15 is 0 Å². The highest BCUT2D eigenvalue weighted by Crippen LogP contribution is 2.37. The largest absolute Gasteiger partial charge is 0.345 e. The van der Waals surface area contributed by atoms with Gasteiger partial charge in [-0.25, -0.2) is 14.3 Å². The van der Waals surface area contributed by atoms with Crippen molar-refractivity contribution in [2.24, 2.45) is 0 Å². The Labute approximate surface area is 243 Å².